The summed E-state index contributed by atoms with van der Waals surface area (Å²) in [5, 5.41) is 14.8. The molecule has 0 aromatic rings. The molecule has 92 valence electrons. The third-order valence-electron chi connectivity index (χ3n) is 2.98. The highest BCUT2D eigenvalue weighted by atomic mass is 16.4. The minimum atomic E-state index is 0.331. The maximum atomic E-state index is 8.35. The molecule has 0 aromatic carbocycles. The van der Waals surface area contributed by atoms with Gasteiger partial charge in [-0.05, 0) is 51.1 Å². The van der Waals surface area contributed by atoms with Crippen LogP contribution in [0.5, 0.6) is 0 Å². The van der Waals surface area contributed by atoms with Gasteiger partial charge < -0.3 is 16.3 Å². The number of unbranched alkanes of at least 4 members (excludes halogenated alkanes) is 1. The molecule has 0 fully saturated rings. The molecule has 1 aliphatic carbocycles. The Morgan fingerprint density at radius 1 is 1.44 bits per heavy atom. The number of amidine groups is 1. The first-order valence-corrected chi connectivity index (χ1v) is 6.15. The van der Waals surface area contributed by atoms with E-state index >= 15 is 0 Å². The van der Waals surface area contributed by atoms with Crippen LogP contribution in [0.15, 0.2) is 17.3 Å². The SMILES string of the molecule is NC(CCCCNCC1CC=CCC1)=NO. The van der Waals surface area contributed by atoms with Crippen LogP contribution in [0.25, 0.3) is 0 Å². The van der Waals surface area contributed by atoms with Gasteiger partial charge >= 0.3 is 0 Å². The molecule has 4 N–H and O–H groups in total. The second-order valence-electron chi connectivity index (χ2n) is 4.40. The van der Waals surface area contributed by atoms with Gasteiger partial charge in [0.2, 0.25) is 0 Å². The standard InChI is InChI=1S/C12H23N3O/c13-12(15-16)8-4-5-9-14-10-11-6-2-1-3-7-11/h1-2,11,14,16H,3-10H2,(H2,13,15). The van der Waals surface area contributed by atoms with Crippen molar-refractivity contribution in [1.29, 1.82) is 0 Å². The summed E-state index contributed by atoms with van der Waals surface area (Å²) in [5.41, 5.74) is 5.38. The van der Waals surface area contributed by atoms with Gasteiger partial charge in [-0.1, -0.05) is 17.3 Å². The van der Waals surface area contributed by atoms with Crippen molar-refractivity contribution >= 4 is 5.84 Å². The Bertz CT molecular complexity index is 238. The van der Waals surface area contributed by atoms with Gasteiger partial charge in [0.25, 0.3) is 0 Å². The molecule has 0 saturated heterocycles. The Morgan fingerprint density at radius 2 is 2.31 bits per heavy atom. The highest BCUT2D eigenvalue weighted by Crippen LogP contribution is 2.16. The van der Waals surface area contributed by atoms with E-state index in [-0.39, 0.29) is 0 Å². The lowest BCUT2D eigenvalue weighted by Gasteiger charge is -2.18. The van der Waals surface area contributed by atoms with E-state index in [0.717, 1.165) is 31.8 Å². The number of allylic oxidation sites excluding steroid dienone is 2. The molecule has 16 heavy (non-hydrogen) atoms. The monoisotopic (exact) mass is 225 g/mol. The van der Waals surface area contributed by atoms with Crippen LogP contribution in [-0.4, -0.2) is 24.1 Å². The summed E-state index contributed by atoms with van der Waals surface area (Å²) in [6, 6.07) is 0. The van der Waals surface area contributed by atoms with Crippen LogP contribution in [0, 0.1) is 5.92 Å². The quantitative estimate of drug-likeness (QED) is 0.155. The van der Waals surface area contributed by atoms with E-state index < -0.39 is 0 Å². The van der Waals surface area contributed by atoms with E-state index in [1.165, 1.54) is 19.3 Å². The Kier molecular flexibility index (Phi) is 6.65. The van der Waals surface area contributed by atoms with E-state index in [9.17, 15) is 0 Å². The molecular weight excluding hydrogens is 202 g/mol. The molecule has 4 heteroatoms. The fourth-order valence-electron chi connectivity index (χ4n) is 1.95. The van der Waals surface area contributed by atoms with Gasteiger partial charge in [-0.15, -0.1) is 0 Å². The normalized spacial score (nSPS) is 21.2. The molecule has 0 amide bonds. The van der Waals surface area contributed by atoms with Crippen molar-refractivity contribution in [2.75, 3.05) is 13.1 Å². The summed E-state index contributed by atoms with van der Waals surface area (Å²) in [7, 11) is 0. The molecule has 1 rings (SSSR count). The van der Waals surface area contributed by atoms with Crippen LogP contribution in [-0.2, 0) is 0 Å². The average Bonchev–Trinajstić information content (AvgIpc) is 2.34. The van der Waals surface area contributed by atoms with Crippen molar-refractivity contribution in [3.05, 3.63) is 12.2 Å². The molecular formula is C12H23N3O. The molecule has 0 aliphatic heterocycles. The molecule has 0 spiro atoms. The van der Waals surface area contributed by atoms with Crippen LogP contribution in [0.4, 0.5) is 0 Å². The largest absolute Gasteiger partial charge is 0.409 e. The van der Waals surface area contributed by atoms with Gasteiger partial charge in [0.15, 0.2) is 0 Å². The van der Waals surface area contributed by atoms with Crippen molar-refractivity contribution < 1.29 is 5.21 Å². The first kappa shape index (κ1) is 13.0. The van der Waals surface area contributed by atoms with E-state index in [2.05, 4.69) is 22.6 Å². The maximum absolute atomic E-state index is 8.35. The van der Waals surface area contributed by atoms with Crippen LogP contribution >= 0.6 is 0 Å². The summed E-state index contributed by atoms with van der Waals surface area (Å²) in [6.45, 7) is 2.15. The lowest BCUT2D eigenvalue weighted by molar-refractivity contribution is 0.316. The van der Waals surface area contributed by atoms with Crippen LogP contribution < -0.4 is 11.1 Å². The summed E-state index contributed by atoms with van der Waals surface area (Å²) < 4.78 is 0. The average molecular weight is 225 g/mol. The fraction of sp³-hybridized carbons (Fsp3) is 0.750. The zero-order valence-electron chi connectivity index (χ0n) is 9.86. The number of rotatable bonds is 7. The number of nitrogens with one attached hydrogen (secondary N) is 1. The summed E-state index contributed by atoms with van der Waals surface area (Å²) >= 11 is 0. The van der Waals surface area contributed by atoms with Crippen molar-refractivity contribution in [1.82, 2.24) is 5.32 Å². The smallest absolute Gasteiger partial charge is 0.139 e. The summed E-state index contributed by atoms with van der Waals surface area (Å²) in [6.07, 6.45) is 11.1. The predicted molar refractivity (Wildman–Crippen MR) is 66.6 cm³/mol. The summed E-state index contributed by atoms with van der Waals surface area (Å²) in [5.74, 6) is 1.14. The van der Waals surface area contributed by atoms with Gasteiger partial charge in [-0.25, -0.2) is 0 Å². The zero-order chi connectivity index (χ0) is 11.6. The van der Waals surface area contributed by atoms with Gasteiger partial charge in [0, 0.05) is 6.42 Å². The molecule has 4 nitrogen and oxygen atoms in total. The first-order valence-electron chi connectivity index (χ1n) is 6.15. The molecule has 0 radical (unpaired) electrons. The molecule has 0 saturated carbocycles. The van der Waals surface area contributed by atoms with Gasteiger partial charge in [-0.3, -0.25) is 0 Å². The van der Waals surface area contributed by atoms with Gasteiger partial charge in [-0.2, -0.15) is 0 Å². The lowest BCUT2D eigenvalue weighted by atomic mass is 9.94. The Labute approximate surface area is 97.6 Å². The summed E-state index contributed by atoms with van der Waals surface area (Å²) in [4.78, 5) is 0. The Balaban J connectivity index is 1.90. The second-order valence-corrected chi connectivity index (χ2v) is 4.40. The van der Waals surface area contributed by atoms with Crippen LogP contribution in [0.1, 0.15) is 38.5 Å². The molecule has 0 heterocycles. The van der Waals surface area contributed by atoms with Crippen molar-refractivity contribution in [2.24, 2.45) is 16.8 Å². The number of hydrogen-bond acceptors (Lipinski definition) is 3. The molecule has 1 aliphatic rings. The molecule has 1 unspecified atom stereocenters. The third kappa shape index (κ3) is 5.75. The van der Waals surface area contributed by atoms with E-state index in [1.807, 2.05) is 0 Å². The molecule has 0 bridgehead atoms. The van der Waals surface area contributed by atoms with Crippen molar-refractivity contribution in [3.63, 3.8) is 0 Å². The first-order chi connectivity index (χ1) is 7.83. The van der Waals surface area contributed by atoms with E-state index in [4.69, 9.17) is 10.9 Å². The predicted octanol–water partition coefficient (Wildman–Crippen LogP) is 1.85. The minimum absolute atomic E-state index is 0.331. The molecule has 0 aromatic heterocycles. The zero-order valence-corrected chi connectivity index (χ0v) is 9.86. The second kappa shape index (κ2) is 8.16. The third-order valence-corrected chi connectivity index (χ3v) is 2.98. The van der Waals surface area contributed by atoms with Crippen LogP contribution in [0.3, 0.4) is 0 Å². The van der Waals surface area contributed by atoms with E-state index in [0.29, 0.717) is 12.3 Å². The Hall–Kier alpha value is -1.03. The van der Waals surface area contributed by atoms with Crippen LogP contribution in [0.2, 0.25) is 0 Å². The minimum Gasteiger partial charge on any atom is -0.409 e. The Morgan fingerprint density at radius 3 is 3.00 bits per heavy atom. The van der Waals surface area contributed by atoms with Crippen molar-refractivity contribution in [3.8, 4) is 0 Å². The number of hydrogen-bond donors (Lipinski definition) is 3. The van der Waals surface area contributed by atoms with Gasteiger partial charge in [0.05, 0.1) is 0 Å². The number of nitrogens with two attached hydrogens (primary N) is 1. The fourth-order valence-corrected chi connectivity index (χ4v) is 1.95. The number of nitrogens with zero attached hydrogens (tertiary/aromatic N) is 1. The highest BCUT2D eigenvalue weighted by Gasteiger charge is 2.08. The van der Waals surface area contributed by atoms with E-state index in [1.54, 1.807) is 0 Å². The lowest BCUT2D eigenvalue weighted by Crippen LogP contribution is -2.24. The maximum Gasteiger partial charge on any atom is 0.139 e. The van der Waals surface area contributed by atoms with Crippen molar-refractivity contribution in [2.45, 2.75) is 38.5 Å². The number of oxime groups is 1. The highest BCUT2D eigenvalue weighted by molar-refractivity contribution is 5.79. The topological polar surface area (TPSA) is 70.6 Å². The molecule has 1 atom stereocenters. The van der Waals surface area contributed by atoms with Gasteiger partial charge in [0.1, 0.15) is 5.84 Å².